The van der Waals surface area contributed by atoms with E-state index in [2.05, 4.69) is 27.2 Å². The Morgan fingerprint density at radius 2 is 1.00 bits per heavy atom. The molecule has 0 rings (SSSR count). The van der Waals surface area contributed by atoms with Crippen molar-refractivity contribution in [3.8, 4) is 0 Å². The van der Waals surface area contributed by atoms with Crippen molar-refractivity contribution in [1.29, 1.82) is 0 Å². The van der Waals surface area contributed by atoms with E-state index >= 15 is 0 Å². The first-order chi connectivity index (χ1) is 14.1. The van der Waals surface area contributed by atoms with Crippen LogP contribution in [0.15, 0.2) is 0 Å². The van der Waals surface area contributed by atoms with Gasteiger partial charge in [0.2, 0.25) is 0 Å². The highest BCUT2D eigenvalue weighted by Gasteiger charge is 2.40. The van der Waals surface area contributed by atoms with E-state index in [1.165, 1.54) is 0 Å². The van der Waals surface area contributed by atoms with Gasteiger partial charge in [-0.2, -0.15) is 0 Å². The van der Waals surface area contributed by atoms with Crippen LogP contribution in [0, 0.1) is 6.42 Å². The van der Waals surface area contributed by atoms with Crippen LogP contribution in [-0.4, -0.2) is 58.8 Å². The topological polar surface area (TPSA) is 55.4 Å². The molecule has 0 fully saturated rings. The van der Waals surface area contributed by atoms with Crippen molar-refractivity contribution < 1.29 is 26.6 Å². The summed E-state index contributed by atoms with van der Waals surface area (Å²) in [7, 11) is -0.104. The monoisotopic (exact) mass is 451 g/mol. The maximum atomic E-state index is 6.30. The zero-order chi connectivity index (χ0) is 21.8. The van der Waals surface area contributed by atoms with E-state index < -0.39 is 17.6 Å². The Labute approximate surface area is 182 Å². The number of rotatable bonds is 22. The van der Waals surface area contributed by atoms with Crippen molar-refractivity contribution in [2.75, 3.05) is 41.2 Å². The minimum Gasteiger partial charge on any atom is -0.377 e. The van der Waals surface area contributed by atoms with Crippen molar-refractivity contribution in [1.82, 2.24) is 0 Å². The molecule has 0 aromatic heterocycles. The van der Waals surface area contributed by atoms with E-state index in [4.69, 9.17) is 26.6 Å². The summed E-state index contributed by atoms with van der Waals surface area (Å²) < 4.78 is 35.4. The van der Waals surface area contributed by atoms with Crippen molar-refractivity contribution in [3.05, 3.63) is 6.42 Å². The van der Waals surface area contributed by atoms with Gasteiger partial charge in [0.25, 0.3) is 0 Å². The zero-order valence-corrected chi connectivity index (χ0v) is 21.9. The van der Waals surface area contributed by atoms with Crippen LogP contribution < -0.4 is 0 Å². The maximum absolute atomic E-state index is 6.30. The van der Waals surface area contributed by atoms with Crippen LogP contribution in [0.2, 0.25) is 12.1 Å². The third-order valence-electron chi connectivity index (χ3n) is 4.94. The summed E-state index contributed by atoms with van der Waals surface area (Å²) in [5, 5.41) is 0. The van der Waals surface area contributed by atoms with Gasteiger partial charge in [-0.1, -0.05) is 46.5 Å². The predicted molar refractivity (Wildman–Crippen MR) is 123 cm³/mol. The highest BCUT2D eigenvalue weighted by molar-refractivity contribution is 6.61. The van der Waals surface area contributed by atoms with Gasteiger partial charge in [-0.15, -0.1) is 0 Å². The molecule has 0 aromatic carbocycles. The fourth-order valence-corrected chi connectivity index (χ4v) is 7.26. The number of hydrogen-bond acceptors (Lipinski definition) is 6. The first-order valence-corrected chi connectivity index (χ1v) is 15.3. The fourth-order valence-electron chi connectivity index (χ4n) is 2.90. The molecule has 6 nitrogen and oxygen atoms in total. The van der Waals surface area contributed by atoms with Gasteiger partial charge >= 0.3 is 17.6 Å². The van der Waals surface area contributed by atoms with Crippen LogP contribution in [0.1, 0.15) is 78.6 Å². The van der Waals surface area contributed by atoms with Gasteiger partial charge in [0.15, 0.2) is 0 Å². The lowest BCUT2D eigenvalue weighted by atomic mass is 10.2. The fraction of sp³-hybridized carbons (Fsp3) is 0.952. The first kappa shape index (κ1) is 29.2. The third kappa shape index (κ3) is 13.3. The molecule has 0 aliphatic carbocycles. The average Bonchev–Trinajstić information content (AvgIpc) is 2.74. The van der Waals surface area contributed by atoms with Gasteiger partial charge in [-0.25, -0.2) is 0 Å². The van der Waals surface area contributed by atoms with Crippen LogP contribution in [0.4, 0.5) is 0 Å². The Kier molecular flexibility index (Phi) is 19.0. The normalized spacial score (nSPS) is 12.6. The Balaban J connectivity index is 4.60. The SMILES string of the molecule is CCCCO[Si](CCC[CH]CC[Si](OC)(OC)OC)(OCCCC)OCCCC. The van der Waals surface area contributed by atoms with Crippen LogP contribution in [0.25, 0.3) is 0 Å². The molecule has 0 saturated heterocycles. The molecule has 0 N–H and O–H groups in total. The largest absolute Gasteiger partial charge is 0.500 e. The first-order valence-electron chi connectivity index (χ1n) is 11.5. The molecular formula is C21H47O6Si2. The van der Waals surface area contributed by atoms with E-state index in [0.717, 1.165) is 89.7 Å². The van der Waals surface area contributed by atoms with Gasteiger partial charge in [0.1, 0.15) is 0 Å². The molecule has 0 spiro atoms. The highest BCUT2D eigenvalue weighted by Crippen LogP contribution is 2.23. The minimum absolute atomic E-state index is 0.730. The third-order valence-corrected chi connectivity index (χ3v) is 10.6. The number of hydrogen-bond donors (Lipinski definition) is 0. The Morgan fingerprint density at radius 3 is 1.38 bits per heavy atom. The standard InChI is InChI=1S/C21H47O6Si2/c1-7-10-17-25-29(26-18-11-8-2,27-19-12-9-3)21-16-14-13-15-20-28(22-4,23-5)24-6/h13H,7-12,14-21H2,1-6H3. The molecule has 175 valence electrons. The lowest BCUT2D eigenvalue weighted by Gasteiger charge is -2.30. The maximum Gasteiger partial charge on any atom is 0.500 e. The van der Waals surface area contributed by atoms with E-state index in [1.54, 1.807) is 21.3 Å². The second-order valence-electron chi connectivity index (χ2n) is 7.30. The molecule has 29 heavy (non-hydrogen) atoms. The average molecular weight is 452 g/mol. The summed E-state index contributed by atoms with van der Waals surface area (Å²) in [6, 6.07) is 1.67. The van der Waals surface area contributed by atoms with E-state index in [9.17, 15) is 0 Å². The highest BCUT2D eigenvalue weighted by atomic mass is 28.4. The quantitative estimate of drug-likeness (QED) is 0.157. The second kappa shape index (κ2) is 18.9. The lowest BCUT2D eigenvalue weighted by Crippen LogP contribution is -2.46. The summed E-state index contributed by atoms with van der Waals surface area (Å²) in [5.74, 6) is 0. The Morgan fingerprint density at radius 1 is 0.552 bits per heavy atom. The van der Waals surface area contributed by atoms with E-state index in [-0.39, 0.29) is 0 Å². The molecule has 0 amide bonds. The number of unbranched alkanes of at least 4 members (excludes halogenated alkanes) is 6. The van der Waals surface area contributed by atoms with Gasteiger partial charge in [-0.3, -0.25) is 0 Å². The smallest absolute Gasteiger partial charge is 0.377 e. The predicted octanol–water partition coefficient (Wildman–Crippen LogP) is 5.63. The van der Waals surface area contributed by atoms with E-state index in [1.807, 2.05) is 0 Å². The molecule has 1 radical (unpaired) electrons. The molecule has 0 atom stereocenters. The molecule has 0 aliphatic heterocycles. The van der Waals surface area contributed by atoms with Crippen molar-refractivity contribution in [2.45, 2.75) is 90.6 Å². The molecule has 0 saturated carbocycles. The van der Waals surface area contributed by atoms with Crippen LogP contribution in [0.5, 0.6) is 0 Å². The summed E-state index contributed by atoms with van der Waals surface area (Å²) in [5.41, 5.74) is 0. The van der Waals surface area contributed by atoms with Gasteiger partial charge in [-0.05, 0) is 38.5 Å². The molecule has 8 heteroatoms. The summed E-state index contributed by atoms with van der Waals surface area (Å²) >= 11 is 0. The Hall–Kier alpha value is 0.194. The zero-order valence-electron chi connectivity index (χ0n) is 19.9. The van der Waals surface area contributed by atoms with Gasteiger partial charge in [0, 0.05) is 53.2 Å². The van der Waals surface area contributed by atoms with Crippen LogP contribution in [0.3, 0.4) is 0 Å². The molecule has 0 bridgehead atoms. The van der Waals surface area contributed by atoms with Crippen LogP contribution >= 0.6 is 0 Å². The van der Waals surface area contributed by atoms with E-state index in [0.29, 0.717) is 0 Å². The molecule has 0 heterocycles. The summed E-state index contributed by atoms with van der Waals surface area (Å²) in [6.07, 6.45) is 11.7. The molecular weight excluding hydrogens is 404 g/mol. The van der Waals surface area contributed by atoms with Crippen molar-refractivity contribution >= 4 is 17.6 Å². The second-order valence-corrected chi connectivity index (χ2v) is 13.1. The Bertz CT molecular complexity index is 321. The van der Waals surface area contributed by atoms with Crippen molar-refractivity contribution in [3.63, 3.8) is 0 Å². The van der Waals surface area contributed by atoms with Crippen LogP contribution in [-0.2, 0) is 26.6 Å². The summed E-state index contributed by atoms with van der Waals surface area (Å²) in [4.78, 5) is 0. The lowest BCUT2D eigenvalue weighted by molar-refractivity contribution is 0.0558. The molecule has 0 aromatic rings. The van der Waals surface area contributed by atoms with Gasteiger partial charge in [0.05, 0.1) is 0 Å². The molecule has 0 unspecified atom stereocenters. The van der Waals surface area contributed by atoms with Crippen molar-refractivity contribution in [2.24, 2.45) is 0 Å². The minimum atomic E-state index is -2.61. The summed E-state index contributed by atoms with van der Waals surface area (Å²) in [6.45, 7) is 8.74. The van der Waals surface area contributed by atoms with Gasteiger partial charge < -0.3 is 26.6 Å². The molecule has 0 aliphatic rings.